The molecule has 37 nitrogen and oxygen atoms in total. The number of primary amides is 5. The number of aliphatic hydroxyl groups excluding tert-OH is 1. The number of amides is 7. The van der Waals surface area contributed by atoms with Gasteiger partial charge in [-0.1, -0.05) is 85.0 Å². The summed E-state index contributed by atoms with van der Waals surface area (Å²) in [7, 11) is 0.319. The molecule has 0 saturated heterocycles. The number of nitrogen functional groups attached to an aromatic ring is 1. The third kappa shape index (κ3) is 58.4. The molecular weight excluding hydrogens is 1920 g/mol. The monoisotopic (exact) mass is 2000 g/mol. The molecule has 0 bridgehead atoms. The molecule has 7 aromatic rings. The maximum atomic E-state index is 14.3. The van der Waals surface area contributed by atoms with Gasteiger partial charge in [-0.15, -0.1) is 0 Å². The minimum absolute atomic E-state index is 0.0198. The first-order valence-corrected chi connectivity index (χ1v) is 38.0. The Hall–Kier alpha value is -14.1. The minimum atomic E-state index is -4.68. The van der Waals surface area contributed by atoms with Crippen LogP contribution < -0.4 is 78.2 Å². The number of carboxylic acid groups (broad SMARTS) is 2. The molecule has 5 aromatic heterocycles. The Morgan fingerprint density at radius 2 is 0.807 bits per heavy atom. The van der Waals surface area contributed by atoms with E-state index in [2.05, 4.69) is 62.8 Å². The molecule has 0 spiro atoms. The van der Waals surface area contributed by atoms with E-state index in [1.54, 1.807) is 54.8 Å². The van der Waals surface area contributed by atoms with Crippen LogP contribution in [0.15, 0.2) is 91.3 Å². The Morgan fingerprint density at radius 3 is 1.13 bits per heavy atom. The number of carbonyl (C=O) groups excluding carboxylic acids is 7. The first-order valence-electron chi connectivity index (χ1n) is 36.9. The molecule has 7 atom stereocenters. The Kier molecular flexibility index (Phi) is 54.4. The van der Waals surface area contributed by atoms with Crippen molar-refractivity contribution in [2.75, 3.05) is 21.7 Å². The number of aliphatic carboxylic acids is 2. The molecule has 2 aromatic carbocycles. The fourth-order valence-corrected chi connectivity index (χ4v) is 8.78. The van der Waals surface area contributed by atoms with Crippen molar-refractivity contribution in [3.8, 4) is 30.1 Å². The average molecular weight is 2010 g/mol. The first kappa shape index (κ1) is 125. The van der Waals surface area contributed by atoms with Crippen LogP contribution in [0.3, 0.4) is 0 Å². The number of nitrogens with one attached hydrogen (secondary N) is 5. The zero-order valence-electron chi connectivity index (χ0n) is 71.2. The van der Waals surface area contributed by atoms with Gasteiger partial charge in [-0.05, 0) is 96.8 Å². The van der Waals surface area contributed by atoms with Crippen LogP contribution in [0.5, 0.6) is 0 Å². The summed E-state index contributed by atoms with van der Waals surface area (Å²) in [6.07, 6.45) is -26.9. The van der Waals surface area contributed by atoms with Crippen LogP contribution >= 0.6 is 34.8 Å². The summed E-state index contributed by atoms with van der Waals surface area (Å²) >= 11 is 16.3. The number of carboxylic acids is 2. The molecule has 7 unspecified atom stereocenters. The number of benzene rings is 2. The third-order valence-electron chi connectivity index (χ3n) is 14.2. The number of ether oxygens (including phenoxy) is 2. The quantitative estimate of drug-likeness (QED) is 0.0130. The molecule has 59 heteroatoms. The van der Waals surface area contributed by atoms with Crippen molar-refractivity contribution in [1.82, 2.24) is 35.6 Å². The molecule has 0 fully saturated rings. The second kappa shape index (κ2) is 58.7. The number of nitrogens with two attached hydrogens (primary N) is 9. The SMILES string of the molecule is CC(C)(C)OC(=O)NC(CC(F)(F)F)C(=O)O.CC(C)(C)OC(=O)NC(CC(F)(F)F)C(N)=O.CCC(Nc1nc(Cl)c(C#N)cc1F)C(N)=O.CCC(Nc1nc(Nc2cnc3ccccc3c2)c(C#N)cc1F)C(N)=O.N#Cc1cc(F)c(Cl)nc1Cl.NC(=O)C(N)CC(F)(F)F.NC(=O)C(N)CC(F)(F)F.NC(CC(F)(F)F)C(=O)O.Nc1cnc2ccccc2c1.O=BC#CO. The molecule has 26 N–H and O–H groups in total. The number of hydrogen-bond acceptors (Lipinski definition) is 28. The van der Waals surface area contributed by atoms with E-state index in [1.807, 2.05) is 66.7 Å². The summed E-state index contributed by atoms with van der Waals surface area (Å²) in [6.45, 7) is 12.6. The molecule has 7 amide bonds. The summed E-state index contributed by atoms with van der Waals surface area (Å²) in [5.74, 6) is -8.90. The number of nitrogens with zero attached hydrogens (tertiary/aromatic N) is 8. The zero-order valence-corrected chi connectivity index (χ0v) is 73.4. The fourth-order valence-electron chi connectivity index (χ4n) is 8.23. The second-order valence-corrected chi connectivity index (χ2v) is 29.0. The van der Waals surface area contributed by atoms with Crippen molar-refractivity contribution in [2.24, 2.45) is 45.9 Å². The number of nitriles is 3. The summed E-state index contributed by atoms with van der Waals surface area (Å²) < 4.78 is 233. The van der Waals surface area contributed by atoms with E-state index in [-0.39, 0.29) is 49.6 Å². The number of pyridine rings is 5. The molecule has 0 aliphatic rings. The molecule has 135 heavy (non-hydrogen) atoms. The van der Waals surface area contributed by atoms with E-state index in [1.165, 1.54) is 47.6 Å². The maximum absolute atomic E-state index is 14.3. The number of hydrogen-bond donors (Lipinski definition) is 17. The van der Waals surface area contributed by atoms with E-state index < -0.39 is 188 Å². The predicted molar refractivity (Wildman–Crippen MR) is 449 cm³/mol. The van der Waals surface area contributed by atoms with E-state index >= 15 is 0 Å². The summed E-state index contributed by atoms with van der Waals surface area (Å²) in [5, 5.41) is 63.2. The van der Waals surface area contributed by atoms with Gasteiger partial charge in [-0.3, -0.25) is 38.7 Å². The molecule has 0 aliphatic carbocycles. The van der Waals surface area contributed by atoms with E-state index in [9.17, 15) is 127 Å². The summed E-state index contributed by atoms with van der Waals surface area (Å²) in [4.78, 5) is 115. The fraction of sp³-hybridized carbons (Fsp3) is 0.382. The van der Waals surface area contributed by atoms with Gasteiger partial charge in [0.05, 0.1) is 95.7 Å². The normalized spacial score (nSPS) is 12.3. The van der Waals surface area contributed by atoms with Crippen LogP contribution in [-0.4, -0.2) is 185 Å². The van der Waals surface area contributed by atoms with Gasteiger partial charge in [0.15, 0.2) is 40.1 Å². The number of alkyl carbamates (subject to hydrolysis) is 2. The molecule has 0 saturated carbocycles. The summed E-state index contributed by atoms with van der Waals surface area (Å²) in [5.41, 5.74) is 44.9. The predicted octanol–water partition coefficient (Wildman–Crippen LogP) is 11.1. The summed E-state index contributed by atoms with van der Waals surface area (Å²) in [6, 6.07) is 17.0. The van der Waals surface area contributed by atoms with Crippen molar-refractivity contribution in [2.45, 2.75) is 185 Å². The third-order valence-corrected chi connectivity index (χ3v) is 15.0. The number of aliphatic hydroxyl groups is 1. The van der Waals surface area contributed by atoms with E-state index in [0.717, 1.165) is 40.0 Å². The van der Waals surface area contributed by atoms with Crippen LogP contribution in [0.2, 0.25) is 15.5 Å². The number of para-hydroxylation sites is 2. The number of halogens is 21. The van der Waals surface area contributed by atoms with Gasteiger partial charge in [0.25, 0.3) is 0 Å². The van der Waals surface area contributed by atoms with Gasteiger partial charge in [0.1, 0.15) is 69.9 Å². The van der Waals surface area contributed by atoms with Gasteiger partial charge in [0.2, 0.25) is 29.5 Å². The standard InChI is InChI=1S/C19H17FN6O.C10H10ClFN4O.C9H15F3N2O3.C9H14F3NO4.C9H8N2.C6HCl2FN2.2C4H7F3N2O.C4H6F3NO2.C2HBO2/c1-2-15(17(22)27)25-19-14(20)8-12(9-21)18(26-19)24-13-7-11-5-3-4-6-16(11)23-10-13;1-2-7(9(14)17)15-10-6(12)3-5(4-13)8(11)16-10;1-8(2,3)17-7(16)14-5(6(13)15)4-9(10,11)12;1-8(2,3)17-7(16)13-5(6(14)15)4-9(10,11)12;10-8-5-7-3-1-2-4-9(7)11-6-8;7-5-3(2-10)1-4(9)6(8)11-5;3*5-4(6,7)1-2(8)3(9)10;4-2-1-3-5/h3-8,10,15H,2H2,1H3,(H2,22,27)(H2,24,25,26);3,7H,2H2,1H3,(H2,14,17)(H,15,16);5H,4H2,1-3H3,(H2,13,15)(H,14,16);5H,4H2,1-3H3,(H,13,16)(H,14,15);1-6H,10H2;1H;2*2H,1,8H2,(H2,9,10);2H,1,8H2,(H,9,10);4H. The zero-order chi connectivity index (χ0) is 105. The van der Waals surface area contributed by atoms with Crippen LogP contribution in [0.4, 0.5) is 117 Å². The molecule has 0 radical (unpaired) electrons. The number of rotatable bonds is 22. The van der Waals surface area contributed by atoms with Crippen LogP contribution in [-0.2, 0) is 47.7 Å². The van der Waals surface area contributed by atoms with Crippen molar-refractivity contribution in [3.63, 3.8) is 0 Å². The molecule has 740 valence electrons. The van der Waals surface area contributed by atoms with Gasteiger partial charge in [0, 0.05) is 10.8 Å². The Morgan fingerprint density at radius 1 is 0.459 bits per heavy atom. The van der Waals surface area contributed by atoms with Gasteiger partial charge >= 0.3 is 83.9 Å². The Labute approximate surface area is 769 Å². The van der Waals surface area contributed by atoms with Crippen LogP contribution in [0, 0.1) is 63.4 Å². The molecule has 7 rings (SSSR count). The Bertz CT molecular complexity index is 5190. The average Bonchev–Trinajstić information content (AvgIpc) is 0.821. The van der Waals surface area contributed by atoms with Crippen molar-refractivity contribution in [3.05, 3.63) is 141 Å². The molecule has 0 aliphatic heterocycles. The number of carbonyl (C=O) groups is 9. The van der Waals surface area contributed by atoms with Crippen molar-refractivity contribution in [1.29, 1.82) is 15.8 Å². The second-order valence-electron chi connectivity index (χ2n) is 27.9. The van der Waals surface area contributed by atoms with Gasteiger partial charge in [-0.25, -0.2) is 42.5 Å². The molecular formula is C76H86BCl3F18N22O15. The van der Waals surface area contributed by atoms with E-state index in [0.29, 0.717) is 31.4 Å². The first-order chi connectivity index (χ1) is 61.7. The van der Waals surface area contributed by atoms with Crippen LogP contribution in [0.1, 0.15) is 117 Å². The van der Waals surface area contributed by atoms with Crippen LogP contribution in [0.25, 0.3) is 21.8 Å². The topological polar surface area (TPSA) is 680 Å². The van der Waals surface area contributed by atoms with Gasteiger partial charge < -0.3 is 97.9 Å². The van der Waals surface area contributed by atoms with Crippen molar-refractivity contribution >= 4 is 146 Å². The number of alkyl halides is 15. The Balaban J connectivity index is -0.00000147. The molecule has 5 heterocycles. The number of anilines is 5. The van der Waals surface area contributed by atoms with Crippen molar-refractivity contribution < 1.29 is 152 Å². The number of fused-ring (bicyclic) bond motifs is 2. The van der Waals surface area contributed by atoms with E-state index in [4.69, 9.17) is 104 Å². The number of aromatic nitrogens is 5. The van der Waals surface area contributed by atoms with Gasteiger partial charge in [-0.2, -0.15) is 81.6 Å².